The Bertz CT molecular complexity index is 2170. The van der Waals surface area contributed by atoms with Gasteiger partial charge in [-0.05, 0) is 66.4 Å². The second kappa shape index (κ2) is 17.5. The SMILES string of the molecule is Cc1ccc(S(=O)(=O)N[C@H](Cc2ccccc2)C(=O)Nc2cccc([C@H]3O[C@@H](CSc4ncccc4C(=O)O)[C@@H](C)[C@@H](c4ccc(CO)cc4)O3)c2)cc1. The molecule has 1 aliphatic heterocycles. The van der Waals surface area contributed by atoms with Gasteiger partial charge in [-0.1, -0.05) is 91.3 Å². The Balaban J connectivity index is 1.25. The van der Waals surface area contributed by atoms with Crippen molar-refractivity contribution < 1.29 is 37.7 Å². The van der Waals surface area contributed by atoms with Gasteiger partial charge in [-0.15, -0.1) is 11.8 Å². The molecule has 4 N–H and O–H groups in total. The Morgan fingerprint density at radius 3 is 2.31 bits per heavy atom. The Morgan fingerprint density at radius 2 is 1.61 bits per heavy atom. The summed E-state index contributed by atoms with van der Waals surface area (Å²) in [5, 5.41) is 22.6. The predicted molar refractivity (Wildman–Crippen MR) is 205 cm³/mol. The Hall–Kier alpha value is -4.89. The van der Waals surface area contributed by atoms with Crippen LogP contribution in [0, 0.1) is 12.8 Å². The zero-order chi connectivity index (χ0) is 38.2. The van der Waals surface area contributed by atoms with Crippen molar-refractivity contribution in [1.82, 2.24) is 9.71 Å². The fourth-order valence-corrected chi connectivity index (χ4v) is 8.49. The highest BCUT2D eigenvalue weighted by molar-refractivity contribution is 7.99. The lowest BCUT2D eigenvalue weighted by Crippen LogP contribution is -2.45. The second-order valence-electron chi connectivity index (χ2n) is 13.1. The van der Waals surface area contributed by atoms with Crippen molar-refractivity contribution in [3.05, 3.63) is 155 Å². The Kier molecular flexibility index (Phi) is 12.6. The molecule has 1 saturated heterocycles. The number of ether oxygens (including phenoxy) is 2. The van der Waals surface area contributed by atoms with E-state index in [0.717, 1.165) is 22.3 Å². The molecule has 0 bridgehead atoms. The van der Waals surface area contributed by atoms with E-state index in [-0.39, 0.29) is 29.4 Å². The maximum Gasteiger partial charge on any atom is 0.338 e. The quantitative estimate of drug-likeness (QED) is 0.0896. The molecule has 54 heavy (non-hydrogen) atoms. The minimum Gasteiger partial charge on any atom is -0.478 e. The summed E-state index contributed by atoms with van der Waals surface area (Å²) in [7, 11) is -4.04. The lowest BCUT2D eigenvalue weighted by molar-refractivity contribution is -0.268. The molecular formula is C41H41N3O8S2. The molecule has 0 spiro atoms. The first-order valence-corrected chi connectivity index (χ1v) is 19.8. The number of nitrogens with one attached hydrogen (secondary N) is 2. The number of aromatic nitrogens is 1. The monoisotopic (exact) mass is 767 g/mol. The van der Waals surface area contributed by atoms with Crippen LogP contribution < -0.4 is 10.0 Å². The van der Waals surface area contributed by atoms with E-state index in [1.807, 2.05) is 74.5 Å². The molecule has 5 aromatic rings. The van der Waals surface area contributed by atoms with Crippen molar-refractivity contribution in [1.29, 1.82) is 0 Å². The number of aliphatic hydroxyl groups excluding tert-OH is 1. The number of aromatic carboxylic acids is 1. The van der Waals surface area contributed by atoms with Gasteiger partial charge in [0.15, 0.2) is 6.29 Å². The molecule has 0 unspecified atom stereocenters. The van der Waals surface area contributed by atoms with E-state index in [1.54, 1.807) is 42.6 Å². The topological polar surface area (TPSA) is 164 Å². The summed E-state index contributed by atoms with van der Waals surface area (Å²) in [6.45, 7) is 3.77. The number of pyridine rings is 1. The van der Waals surface area contributed by atoms with Crippen molar-refractivity contribution in [2.24, 2.45) is 5.92 Å². The highest BCUT2D eigenvalue weighted by Gasteiger charge is 2.39. The number of thioether (sulfide) groups is 1. The van der Waals surface area contributed by atoms with E-state index in [0.29, 0.717) is 22.0 Å². The molecule has 280 valence electrons. The van der Waals surface area contributed by atoms with E-state index in [1.165, 1.54) is 30.0 Å². The Labute approximate surface area is 318 Å². The fraction of sp³-hybridized carbons (Fsp3) is 0.244. The highest BCUT2D eigenvalue weighted by atomic mass is 32.2. The molecular weight excluding hydrogens is 727 g/mol. The molecule has 2 heterocycles. The second-order valence-corrected chi connectivity index (χ2v) is 15.8. The molecule has 1 amide bonds. The number of sulfonamides is 1. The van der Waals surface area contributed by atoms with Gasteiger partial charge in [-0.25, -0.2) is 18.2 Å². The van der Waals surface area contributed by atoms with E-state index in [4.69, 9.17) is 9.47 Å². The number of amides is 1. The number of rotatable bonds is 14. The third-order valence-corrected chi connectivity index (χ3v) is 11.7. The van der Waals surface area contributed by atoms with Crippen molar-refractivity contribution in [2.45, 2.75) is 61.3 Å². The number of carboxylic acids is 1. The maximum atomic E-state index is 13.9. The summed E-state index contributed by atoms with van der Waals surface area (Å²) >= 11 is 1.29. The minimum absolute atomic E-state index is 0.0530. The van der Waals surface area contributed by atoms with Crippen LogP contribution in [0.25, 0.3) is 0 Å². The van der Waals surface area contributed by atoms with Gasteiger partial charge in [-0.3, -0.25) is 4.79 Å². The highest BCUT2D eigenvalue weighted by Crippen LogP contribution is 2.43. The lowest BCUT2D eigenvalue weighted by atomic mass is 9.91. The molecule has 6 rings (SSSR count). The van der Waals surface area contributed by atoms with E-state index in [2.05, 4.69) is 15.0 Å². The summed E-state index contributed by atoms with van der Waals surface area (Å²) in [5.41, 5.74) is 4.43. The summed E-state index contributed by atoms with van der Waals surface area (Å²) in [6.07, 6.45) is -0.0668. The number of anilines is 1. The molecule has 0 radical (unpaired) electrons. The molecule has 1 aliphatic rings. The van der Waals surface area contributed by atoms with Crippen molar-refractivity contribution in [3.8, 4) is 0 Å². The number of aryl methyl sites for hydroxylation is 1. The molecule has 5 atom stereocenters. The summed E-state index contributed by atoms with van der Waals surface area (Å²) in [5.74, 6) is -1.41. The van der Waals surface area contributed by atoms with Crippen LogP contribution in [0.5, 0.6) is 0 Å². The number of hydrogen-bond donors (Lipinski definition) is 4. The zero-order valence-electron chi connectivity index (χ0n) is 29.7. The van der Waals surface area contributed by atoms with Crippen molar-refractivity contribution >= 4 is 39.3 Å². The number of carbonyl (C=O) groups is 2. The van der Waals surface area contributed by atoms with Crippen molar-refractivity contribution in [2.75, 3.05) is 11.1 Å². The molecule has 1 fully saturated rings. The summed E-state index contributed by atoms with van der Waals surface area (Å²) in [4.78, 5) is 30.1. The molecule has 1 aromatic heterocycles. The number of benzene rings is 4. The average Bonchev–Trinajstić information content (AvgIpc) is 3.18. The molecule has 4 aromatic carbocycles. The molecule has 13 heteroatoms. The van der Waals surface area contributed by atoms with Crippen LogP contribution in [0.4, 0.5) is 5.69 Å². The smallest absolute Gasteiger partial charge is 0.338 e. The van der Waals surface area contributed by atoms with Crippen molar-refractivity contribution in [3.63, 3.8) is 0 Å². The van der Waals surface area contributed by atoms with Gasteiger partial charge in [0.25, 0.3) is 0 Å². The van der Waals surface area contributed by atoms with Gasteiger partial charge in [0.05, 0.1) is 29.3 Å². The fourth-order valence-electron chi connectivity index (χ4n) is 6.14. The molecule has 0 aliphatic carbocycles. The number of carboxylic acid groups (broad SMARTS) is 1. The minimum atomic E-state index is -4.04. The third-order valence-electron chi connectivity index (χ3n) is 9.16. The number of carbonyl (C=O) groups excluding carboxylic acids is 1. The van der Waals surface area contributed by atoms with E-state index < -0.39 is 46.4 Å². The van der Waals surface area contributed by atoms with Gasteiger partial charge in [0, 0.05) is 29.1 Å². The van der Waals surface area contributed by atoms with E-state index in [9.17, 15) is 28.2 Å². The maximum absolute atomic E-state index is 13.9. The standard InChI is InChI=1S/C41H41N3O8S2/c1-26-13-19-33(20-14-26)54(49,50)44-35(22-28-8-4-3-5-9-28)38(46)43-32-11-6-10-31(23-32)41-51-36(25-53-39-34(40(47)48)12-7-21-42-39)27(2)37(52-41)30-17-15-29(24-45)16-18-30/h3-21,23,27,35-37,41,44-45H,22,24-25H2,1-2H3,(H,43,46)(H,47,48)/t27-,35-,36+,37+,41+/m1/s1. The predicted octanol–water partition coefficient (Wildman–Crippen LogP) is 6.69. The number of nitrogens with zero attached hydrogens (tertiary/aromatic N) is 1. The first kappa shape index (κ1) is 38.8. The van der Waals surface area contributed by atoms with Gasteiger partial charge < -0.3 is 25.0 Å². The normalized spacial score (nSPS) is 19.2. The Morgan fingerprint density at radius 1 is 0.870 bits per heavy atom. The van der Waals surface area contributed by atoms with Gasteiger partial charge in [-0.2, -0.15) is 4.72 Å². The molecule has 0 saturated carbocycles. The van der Waals surface area contributed by atoms with Crippen LogP contribution in [-0.4, -0.2) is 53.4 Å². The van der Waals surface area contributed by atoms with Crippen LogP contribution in [0.3, 0.4) is 0 Å². The number of hydrogen-bond acceptors (Lipinski definition) is 9. The van der Waals surface area contributed by atoms with Crippen LogP contribution >= 0.6 is 11.8 Å². The molecule has 11 nitrogen and oxygen atoms in total. The first-order chi connectivity index (χ1) is 26.0. The third kappa shape index (κ3) is 9.61. The van der Waals surface area contributed by atoms with E-state index >= 15 is 0 Å². The average molecular weight is 768 g/mol. The van der Waals surface area contributed by atoms with Gasteiger partial charge >= 0.3 is 5.97 Å². The van der Waals surface area contributed by atoms with Gasteiger partial charge in [0.1, 0.15) is 11.1 Å². The zero-order valence-corrected chi connectivity index (χ0v) is 31.3. The first-order valence-electron chi connectivity index (χ1n) is 17.4. The lowest BCUT2D eigenvalue weighted by Gasteiger charge is -2.41. The van der Waals surface area contributed by atoms with Crippen LogP contribution in [-0.2, 0) is 37.3 Å². The van der Waals surface area contributed by atoms with Crippen LogP contribution in [0.1, 0.15) is 57.5 Å². The number of aliphatic hydroxyl groups is 1. The summed E-state index contributed by atoms with van der Waals surface area (Å²) in [6, 6.07) is 32.0. The summed E-state index contributed by atoms with van der Waals surface area (Å²) < 4.78 is 42.6. The van der Waals surface area contributed by atoms with Crippen LogP contribution in [0.15, 0.2) is 131 Å². The largest absolute Gasteiger partial charge is 0.478 e. The van der Waals surface area contributed by atoms with Gasteiger partial charge in [0.2, 0.25) is 15.9 Å². The van der Waals surface area contributed by atoms with Crippen LogP contribution in [0.2, 0.25) is 0 Å².